The predicted molar refractivity (Wildman–Crippen MR) is 77.6 cm³/mol. The molecular weight excluding hydrogens is 288 g/mol. The molecule has 0 aliphatic carbocycles. The normalized spacial score (nSPS) is 11.5. The van der Waals surface area contributed by atoms with E-state index in [1.165, 1.54) is 28.6 Å². The van der Waals surface area contributed by atoms with Crippen molar-refractivity contribution >= 4 is 10.0 Å². The standard InChI is InChI=1S/C14H16N4O2S/c1-3-18(11-13-9-16-17(2)10-13)21(19,20)14-6-4-12(8-15)5-7-14/h4-7,9-10H,3,11H2,1-2H3. The second kappa shape index (κ2) is 6.08. The fourth-order valence-electron chi connectivity index (χ4n) is 1.97. The molecule has 7 heteroatoms. The highest BCUT2D eigenvalue weighted by Crippen LogP contribution is 2.18. The van der Waals surface area contributed by atoms with Crippen molar-refractivity contribution in [2.75, 3.05) is 6.54 Å². The SMILES string of the molecule is CCN(Cc1cnn(C)c1)S(=O)(=O)c1ccc(C#N)cc1. The van der Waals surface area contributed by atoms with Gasteiger partial charge in [0.1, 0.15) is 0 Å². The van der Waals surface area contributed by atoms with E-state index < -0.39 is 10.0 Å². The van der Waals surface area contributed by atoms with Gasteiger partial charge in [-0.25, -0.2) is 8.42 Å². The molecule has 1 heterocycles. The lowest BCUT2D eigenvalue weighted by atomic mass is 10.2. The Balaban J connectivity index is 2.28. The summed E-state index contributed by atoms with van der Waals surface area (Å²) in [6, 6.07) is 7.90. The lowest BCUT2D eigenvalue weighted by molar-refractivity contribution is 0.423. The molecule has 0 saturated carbocycles. The van der Waals surface area contributed by atoms with E-state index in [9.17, 15) is 8.42 Å². The Bertz CT molecular complexity index is 757. The van der Waals surface area contributed by atoms with Crippen molar-refractivity contribution in [2.45, 2.75) is 18.4 Å². The van der Waals surface area contributed by atoms with Crippen molar-refractivity contribution in [3.8, 4) is 6.07 Å². The summed E-state index contributed by atoms with van der Waals surface area (Å²) >= 11 is 0. The first-order valence-electron chi connectivity index (χ1n) is 6.45. The van der Waals surface area contributed by atoms with Gasteiger partial charge in [0, 0.05) is 31.9 Å². The molecule has 0 saturated heterocycles. The van der Waals surface area contributed by atoms with Gasteiger partial charge >= 0.3 is 0 Å². The third kappa shape index (κ3) is 3.29. The van der Waals surface area contributed by atoms with Gasteiger partial charge in [0.25, 0.3) is 0 Å². The number of hydrogen-bond donors (Lipinski definition) is 0. The molecule has 1 aromatic carbocycles. The summed E-state index contributed by atoms with van der Waals surface area (Å²) in [6.45, 7) is 2.42. The van der Waals surface area contributed by atoms with Crippen LogP contribution in [0.1, 0.15) is 18.1 Å². The van der Waals surface area contributed by atoms with Gasteiger partial charge in [-0.05, 0) is 24.3 Å². The molecule has 0 bridgehead atoms. The highest BCUT2D eigenvalue weighted by atomic mass is 32.2. The van der Waals surface area contributed by atoms with Gasteiger partial charge in [0.15, 0.2) is 0 Å². The number of aromatic nitrogens is 2. The van der Waals surface area contributed by atoms with Crippen LogP contribution in [-0.2, 0) is 23.6 Å². The van der Waals surface area contributed by atoms with Crippen LogP contribution in [0.25, 0.3) is 0 Å². The molecular formula is C14H16N4O2S. The van der Waals surface area contributed by atoms with E-state index in [4.69, 9.17) is 5.26 Å². The summed E-state index contributed by atoms with van der Waals surface area (Å²) in [5.41, 5.74) is 1.26. The number of rotatable bonds is 5. The van der Waals surface area contributed by atoms with Crippen LogP contribution in [0, 0.1) is 11.3 Å². The van der Waals surface area contributed by atoms with E-state index in [2.05, 4.69) is 5.10 Å². The van der Waals surface area contributed by atoms with Gasteiger partial charge in [-0.3, -0.25) is 4.68 Å². The van der Waals surface area contributed by atoms with Gasteiger partial charge in [0.05, 0.1) is 22.7 Å². The summed E-state index contributed by atoms with van der Waals surface area (Å²) in [5, 5.41) is 12.8. The minimum Gasteiger partial charge on any atom is -0.275 e. The molecule has 0 fully saturated rings. The number of aryl methyl sites for hydroxylation is 1. The predicted octanol–water partition coefficient (Wildman–Crippen LogP) is 1.50. The first-order valence-corrected chi connectivity index (χ1v) is 7.89. The van der Waals surface area contributed by atoms with E-state index in [0.717, 1.165) is 5.56 Å². The zero-order chi connectivity index (χ0) is 15.5. The maximum Gasteiger partial charge on any atom is 0.243 e. The van der Waals surface area contributed by atoms with E-state index in [0.29, 0.717) is 12.1 Å². The molecule has 0 spiro atoms. The van der Waals surface area contributed by atoms with Gasteiger partial charge in [-0.1, -0.05) is 6.92 Å². The third-order valence-corrected chi connectivity index (χ3v) is 5.03. The molecule has 2 aromatic rings. The average molecular weight is 304 g/mol. The van der Waals surface area contributed by atoms with E-state index in [-0.39, 0.29) is 11.4 Å². The molecule has 0 unspecified atom stereocenters. The van der Waals surface area contributed by atoms with Gasteiger partial charge in [-0.2, -0.15) is 14.7 Å². The minimum absolute atomic E-state index is 0.187. The minimum atomic E-state index is -3.58. The van der Waals surface area contributed by atoms with Crippen molar-refractivity contribution in [3.63, 3.8) is 0 Å². The van der Waals surface area contributed by atoms with Crippen LogP contribution >= 0.6 is 0 Å². The Kier molecular flexibility index (Phi) is 4.40. The fraction of sp³-hybridized carbons (Fsp3) is 0.286. The zero-order valence-electron chi connectivity index (χ0n) is 11.9. The monoisotopic (exact) mass is 304 g/mol. The Hall–Kier alpha value is -2.17. The largest absolute Gasteiger partial charge is 0.275 e. The molecule has 0 N–H and O–H groups in total. The van der Waals surface area contributed by atoms with Crippen LogP contribution < -0.4 is 0 Å². The van der Waals surface area contributed by atoms with Crippen LogP contribution in [0.15, 0.2) is 41.6 Å². The van der Waals surface area contributed by atoms with Crippen LogP contribution in [-0.4, -0.2) is 29.0 Å². The van der Waals surface area contributed by atoms with Crippen molar-refractivity contribution in [3.05, 3.63) is 47.8 Å². The fourth-order valence-corrected chi connectivity index (χ4v) is 3.41. The summed E-state index contributed by atoms with van der Waals surface area (Å²) < 4.78 is 28.2. The first-order chi connectivity index (χ1) is 9.97. The molecule has 6 nitrogen and oxygen atoms in total. The molecule has 110 valence electrons. The number of sulfonamides is 1. The summed E-state index contributed by atoms with van der Waals surface area (Å²) in [4.78, 5) is 0.187. The zero-order valence-corrected chi connectivity index (χ0v) is 12.7. The second-order valence-electron chi connectivity index (χ2n) is 4.59. The summed E-state index contributed by atoms with van der Waals surface area (Å²) in [7, 11) is -1.79. The Morgan fingerprint density at radius 2 is 2.00 bits per heavy atom. The highest BCUT2D eigenvalue weighted by molar-refractivity contribution is 7.89. The van der Waals surface area contributed by atoms with Crippen LogP contribution in [0.3, 0.4) is 0 Å². The molecule has 2 rings (SSSR count). The van der Waals surface area contributed by atoms with Crippen molar-refractivity contribution < 1.29 is 8.42 Å². The van der Waals surface area contributed by atoms with Crippen molar-refractivity contribution in [1.82, 2.24) is 14.1 Å². The number of hydrogen-bond acceptors (Lipinski definition) is 4. The first kappa shape index (κ1) is 15.2. The molecule has 0 aliphatic rings. The smallest absolute Gasteiger partial charge is 0.243 e. The number of benzene rings is 1. The second-order valence-corrected chi connectivity index (χ2v) is 6.53. The number of nitriles is 1. The lowest BCUT2D eigenvalue weighted by Gasteiger charge is -2.19. The number of nitrogens with zero attached hydrogens (tertiary/aromatic N) is 4. The van der Waals surface area contributed by atoms with E-state index >= 15 is 0 Å². The van der Waals surface area contributed by atoms with Crippen LogP contribution in [0.2, 0.25) is 0 Å². The van der Waals surface area contributed by atoms with E-state index in [1.807, 2.05) is 6.07 Å². The summed E-state index contributed by atoms with van der Waals surface area (Å²) in [6.07, 6.45) is 3.44. The maximum atomic E-state index is 12.6. The Labute approximate surface area is 124 Å². The molecule has 0 radical (unpaired) electrons. The Morgan fingerprint density at radius 1 is 1.33 bits per heavy atom. The highest BCUT2D eigenvalue weighted by Gasteiger charge is 2.23. The molecule has 0 atom stereocenters. The topological polar surface area (TPSA) is 79.0 Å². The van der Waals surface area contributed by atoms with Gasteiger partial charge < -0.3 is 0 Å². The van der Waals surface area contributed by atoms with Gasteiger partial charge in [-0.15, -0.1) is 0 Å². The molecule has 1 aromatic heterocycles. The lowest BCUT2D eigenvalue weighted by Crippen LogP contribution is -2.30. The van der Waals surface area contributed by atoms with Crippen molar-refractivity contribution in [1.29, 1.82) is 5.26 Å². The van der Waals surface area contributed by atoms with Gasteiger partial charge in [0.2, 0.25) is 10.0 Å². The molecule has 21 heavy (non-hydrogen) atoms. The van der Waals surface area contributed by atoms with Crippen LogP contribution in [0.5, 0.6) is 0 Å². The molecule has 0 aliphatic heterocycles. The maximum absolute atomic E-state index is 12.6. The Morgan fingerprint density at radius 3 is 2.48 bits per heavy atom. The quantitative estimate of drug-likeness (QED) is 0.838. The van der Waals surface area contributed by atoms with E-state index in [1.54, 1.807) is 31.0 Å². The third-order valence-electron chi connectivity index (χ3n) is 3.09. The van der Waals surface area contributed by atoms with Crippen LogP contribution in [0.4, 0.5) is 0 Å². The van der Waals surface area contributed by atoms with Crippen molar-refractivity contribution in [2.24, 2.45) is 7.05 Å². The molecule has 0 amide bonds. The average Bonchev–Trinajstić information content (AvgIpc) is 2.90. The summed E-state index contributed by atoms with van der Waals surface area (Å²) in [5.74, 6) is 0.